The van der Waals surface area contributed by atoms with Crippen molar-refractivity contribution in [1.82, 2.24) is 23.8 Å². The standard InChI is InChI=1S/C23H29N5O3S/c1-14(2)16-7-5-6-8-17(16)20-24-11-18-21(26-20)28(22(29)25-18)19-9-10-23(19)12-27(13-23)32(30,31)15(3)4/h5-8,11,14-15,19H,9-10,12-13H2,1-4H3,(H,25,29). The minimum atomic E-state index is -3.28. The molecule has 2 aliphatic rings. The van der Waals surface area contributed by atoms with Gasteiger partial charge in [0, 0.05) is 30.1 Å². The van der Waals surface area contributed by atoms with Crippen LogP contribution in [-0.2, 0) is 10.0 Å². The molecule has 1 N–H and O–H groups in total. The van der Waals surface area contributed by atoms with Crippen molar-refractivity contribution in [1.29, 1.82) is 0 Å². The van der Waals surface area contributed by atoms with Gasteiger partial charge in [0.15, 0.2) is 11.5 Å². The van der Waals surface area contributed by atoms with E-state index in [0.29, 0.717) is 36.0 Å². The molecule has 1 aliphatic carbocycles. The highest BCUT2D eigenvalue weighted by atomic mass is 32.2. The van der Waals surface area contributed by atoms with E-state index in [0.717, 1.165) is 24.0 Å². The second kappa shape index (κ2) is 7.25. The summed E-state index contributed by atoms with van der Waals surface area (Å²) in [6, 6.07) is 8.01. The Kier molecular flexibility index (Phi) is 4.83. The minimum absolute atomic E-state index is 0.0644. The van der Waals surface area contributed by atoms with Gasteiger partial charge in [0.25, 0.3) is 0 Å². The molecule has 1 saturated carbocycles. The van der Waals surface area contributed by atoms with Crippen molar-refractivity contribution in [2.75, 3.05) is 13.1 Å². The molecule has 1 unspecified atom stereocenters. The van der Waals surface area contributed by atoms with Crippen molar-refractivity contribution in [3.05, 3.63) is 46.5 Å². The molecule has 2 aromatic heterocycles. The molecule has 5 rings (SSSR count). The van der Waals surface area contributed by atoms with E-state index in [2.05, 4.69) is 29.9 Å². The molecule has 3 heterocycles. The lowest BCUT2D eigenvalue weighted by molar-refractivity contribution is -0.0653. The van der Waals surface area contributed by atoms with Crippen molar-refractivity contribution < 1.29 is 8.42 Å². The van der Waals surface area contributed by atoms with Gasteiger partial charge in [-0.05, 0) is 38.2 Å². The summed E-state index contributed by atoms with van der Waals surface area (Å²) in [5, 5.41) is -0.439. The molecular formula is C23H29N5O3S. The number of hydrogen-bond acceptors (Lipinski definition) is 5. The Hall–Kier alpha value is -2.52. The van der Waals surface area contributed by atoms with Crippen molar-refractivity contribution in [2.24, 2.45) is 5.41 Å². The number of hydrogen-bond donors (Lipinski definition) is 1. The summed E-state index contributed by atoms with van der Waals surface area (Å²) in [7, 11) is -3.28. The van der Waals surface area contributed by atoms with Gasteiger partial charge in [0.2, 0.25) is 10.0 Å². The van der Waals surface area contributed by atoms with Crippen LogP contribution >= 0.6 is 0 Å². The zero-order chi connectivity index (χ0) is 22.8. The quantitative estimate of drug-likeness (QED) is 0.636. The Bertz CT molecular complexity index is 1350. The SMILES string of the molecule is CC(C)c1ccccc1-c1ncc2[nH]c(=O)n(C3CCC34CN(S(=O)(=O)C(C)C)C4)c2n1. The average Bonchev–Trinajstić information content (AvgIpc) is 3.01. The summed E-state index contributed by atoms with van der Waals surface area (Å²) in [5.74, 6) is 0.915. The van der Waals surface area contributed by atoms with Crippen molar-refractivity contribution in [3.8, 4) is 11.4 Å². The van der Waals surface area contributed by atoms with E-state index < -0.39 is 15.3 Å². The predicted octanol–water partition coefficient (Wildman–Crippen LogP) is 3.29. The van der Waals surface area contributed by atoms with Crippen LogP contribution in [0.15, 0.2) is 35.3 Å². The molecule has 2 fully saturated rings. The van der Waals surface area contributed by atoms with Crippen LogP contribution in [0.3, 0.4) is 0 Å². The maximum absolute atomic E-state index is 12.9. The zero-order valence-corrected chi connectivity index (χ0v) is 19.7. The van der Waals surface area contributed by atoms with E-state index in [1.165, 1.54) is 0 Å². The predicted molar refractivity (Wildman–Crippen MR) is 124 cm³/mol. The molecule has 9 heteroatoms. The average molecular weight is 456 g/mol. The Morgan fingerprint density at radius 2 is 1.88 bits per heavy atom. The highest BCUT2D eigenvalue weighted by molar-refractivity contribution is 7.89. The van der Waals surface area contributed by atoms with E-state index >= 15 is 0 Å². The number of nitrogens with zero attached hydrogens (tertiary/aromatic N) is 4. The van der Waals surface area contributed by atoms with Crippen LogP contribution in [0.1, 0.15) is 58.1 Å². The van der Waals surface area contributed by atoms with Crippen LogP contribution in [0.5, 0.6) is 0 Å². The van der Waals surface area contributed by atoms with Gasteiger partial charge in [-0.3, -0.25) is 4.57 Å². The number of H-pyrrole nitrogens is 1. The van der Waals surface area contributed by atoms with Crippen LogP contribution in [-0.4, -0.2) is 50.6 Å². The van der Waals surface area contributed by atoms with E-state index in [-0.39, 0.29) is 17.1 Å². The maximum atomic E-state index is 12.9. The van der Waals surface area contributed by atoms with Crippen molar-refractivity contribution in [2.45, 2.75) is 57.7 Å². The third-order valence-corrected chi connectivity index (χ3v) is 9.32. The largest absolute Gasteiger partial charge is 0.327 e. The van der Waals surface area contributed by atoms with Crippen molar-refractivity contribution in [3.63, 3.8) is 0 Å². The van der Waals surface area contributed by atoms with Gasteiger partial charge in [-0.15, -0.1) is 0 Å². The van der Waals surface area contributed by atoms with Crippen LogP contribution in [0.2, 0.25) is 0 Å². The highest BCUT2D eigenvalue weighted by Crippen LogP contribution is 2.56. The number of sulfonamides is 1. The van der Waals surface area contributed by atoms with Crippen LogP contribution in [0, 0.1) is 5.41 Å². The number of nitrogens with one attached hydrogen (secondary N) is 1. The fourth-order valence-corrected chi connectivity index (χ4v) is 6.60. The highest BCUT2D eigenvalue weighted by Gasteiger charge is 2.59. The molecular weight excluding hydrogens is 426 g/mol. The van der Waals surface area contributed by atoms with Gasteiger partial charge in [-0.1, -0.05) is 38.1 Å². The summed E-state index contributed by atoms with van der Waals surface area (Å²) in [6.07, 6.45) is 3.42. The molecule has 0 bridgehead atoms. The van der Waals surface area contributed by atoms with E-state index in [1.54, 1.807) is 28.9 Å². The molecule has 0 radical (unpaired) electrons. The Morgan fingerprint density at radius 3 is 2.50 bits per heavy atom. The fraction of sp³-hybridized carbons (Fsp3) is 0.522. The normalized spacial score (nSPS) is 20.8. The first-order valence-electron chi connectivity index (χ1n) is 11.2. The first kappa shape index (κ1) is 21.3. The van der Waals surface area contributed by atoms with Gasteiger partial charge in [-0.2, -0.15) is 0 Å². The number of imidazole rings is 1. The van der Waals surface area contributed by atoms with Gasteiger partial charge in [0.1, 0.15) is 5.52 Å². The first-order valence-corrected chi connectivity index (χ1v) is 12.7. The number of aromatic nitrogens is 4. The maximum Gasteiger partial charge on any atom is 0.327 e. The lowest BCUT2D eigenvalue weighted by atomic mass is 9.60. The monoisotopic (exact) mass is 455 g/mol. The number of rotatable bonds is 5. The fourth-order valence-electron chi connectivity index (χ4n) is 5.13. The summed E-state index contributed by atoms with van der Waals surface area (Å²) >= 11 is 0. The van der Waals surface area contributed by atoms with Crippen LogP contribution in [0.25, 0.3) is 22.6 Å². The molecule has 170 valence electrons. The Balaban J connectivity index is 1.53. The third-order valence-electron chi connectivity index (χ3n) is 7.15. The molecule has 1 atom stereocenters. The second-order valence-electron chi connectivity index (χ2n) is 9.75. The summed E-state index contributed by atoms with van der Waals surface area (Å²) in [4.78, 5) is 25.2. The van der Waals surface area contributed by atoms with E-state index in [1.807, 2.05) is 18.2 Å². The van der Waals surface area contributed by atoms with Gasteiger partial charge in [0.05, 0.1) is 11.4 Å². The zero-order valence-electron chi connectivity index (χ0n) is 18.9. The number of aromatic amines is 1. The molecule has 32 heavy (non-hydrogen) atoms. The molecule has 8 nitrogen and oxygen atoms in total. The second-order valence-corrected chi connectivity index (χ2v) is 12.2. The lowest BCUT2D eigenvalue weighted by Gasteiger charge is -2.60. The van der Waals surface area contributed by atoms with Crippen LogP contribution < -0.4 is 5.69 Å². The Labute approximate surface area is 187 Å². The van der Waals surface area contributed by atoms with Gasteiger partial charge in [-0.25, -0.2) is 27.5 Å². The molecule has 0 amide bonds. The van der Waals surface area contributed by atoms with Crippen LogP contribution in [0.4, 0.5) is 0 Å². The molecule has 3 aromatic rings. The first-order chi connectivity index (χ1) is 15.1. The minimum Gasteiger partial charge on any atom is -0.303 e. The number of fused-ring (bicyclic) bond motifs is 1. The summed E-state index contributed by atoms with van der Waals surface area (Å²) < 4.78 is 28.4. The smallest absolute Gasteiger partial charge is 0.303 e. The molecule has 1 saturated heterocycles. The lowest BCUT2D eigenvalue weighted by Crippen LogP contribution is -2.67. The number of benzene rings is 1. The van der Waals surface area contributed by atoms with Gasteiger partial charge >= 0.3 is 5.69 Å². The van der Waals surface area contributed by atoms with E-state index in [4.69, 9.17) is 4.98 Å². The molecule has 1 aliphatic heterocycles. The summed E-state index contributed by atoms with van der Waals surface area (Å²) in [5.41, 5.74) is 2.91. The van der Waals surface area contributed by atoms with E-state index in [9.17, 15) is 13.2 Å². The van der Waals surface area contributed by atoms with Crippen molar-refractivity contribution >= 4 is 21.2 Å². The molecule has 1 aromatic carbocycles. The Morgan fingerprint density at radius 1 is 1.16 bits per heavy atom. The summed E-state index contributed by atoms with van der Waals surface area (Å²) in [6.45, 7) is 8.60. The topological polar surface area (TPSA) is 101 Å². The van der Waals surface area contributed by atoms with Gasteiger partial charge < -0.3 is 4.98 Å². The molecule has 1 spiro atoms. The third kappa shape index (κ3) is 3.05.